The number of carbonyl (C=O) groups is 1. The van der Waals surface area contributed by atoms with Crippen LogP contribution in [0.5, 0.6) is 0 Å². The van der Waals surface area contributed by atoms with Crippen LogP contribution in [0.4, 0.5) is 0 Å². The fraction of sp³-hybridized carbons (Fsp3) is 0.643. The van der Waals surface area contributed by atoms with Crippen LogP contribution in [-0.2, 0) is 6.54 Å². The highest BCUT2D eigenvalue weighted by molar-refractivity contribution is 5.93. The first-order valence-electron chi connectivity index (χ1n) is 6.96. The largest absolute Gasteiger partial charge is 0.467 e. The Morgan fingerprint density at radius 1 is 1.47 bits per heavy atom. The maximum atomic E-state index is 11.3. The van der Waals surface area contributed by atoms with Crippen LogP contribution in [0.1, 0.15) is 48.2 Å². The number of furan rings is 1. The molecule has 0 spiro atoms. The number of nitrogens with zero attached hydrogens (tertiary/aromatic N) is 1. The summed E-state index contributed by atoms with van der Waals surface area (Å²) in [6.45, 7) is 1.83. The quantitative estimate of drug-likeness (QED) is 0.484. The van der Waals surface area contributed by atoms with Gasteiger partial charge in [-0.25, -0.2) is 5.84 Å². The fourth-order valence-corrected chi connectivity index (χ4v) is 2.81. The van der Waals surface area contributed by atoms with Crippen molar-refractivity contribution >= 4 is 5.91 Å². The lowest BCUT2D eigenvalue weighted by Gasteiger charge is -2.26. The maximum Gasteiger partial charge on any atom is 0.268 e. The molecule has 1 fully saturated rings. The van der Waals surface area contributed by atoms with E-state index >= 15 is 0 Å². The molecule has 0 atom stereocenters. The number of nitrogens with one attached hydrogen (secondary N) is 1. The molecule has 1 aliphatic rings. The highest BCUT2D eigenvalue weighted by Crippen LogP contribution is 2.24. The van der Waals surface area contributed by atoms with E-state index in [4.69, 9.17) is 10.3 Å². The molecule has 0 aliphatic heterocycles. The number of hydrogen-bond donors (Lipinski definition) is 2. The molecule has 1 saturated carbocycles. The van der Waals surface area contributed by atoms with Crippen LogP contribution in [-0.4, -0.2) is 24.4 Å². The molecule has 1 aromatic heterocycles. The predicted molar refractivity (Wildman–Crippen MR) is 73.3 cm³/mol. The zero-order chi connectivity index (χ0) is 13.7. The van der Waals surface area contributed by atoms with Crippen molar-refractivity contribution in [3.8, 4) is 0 Å². The van der Waals surface area contributed by atoms with Crippen LogP contribution in [0.25, 0.3) is 0 Å². The van der Waals surface area contributed by atoms with Gasteiger partial charge in [-0.15, -0.1) is 0 Å². The van der Waals surface area contributed by atoms with Gasteiger partial charge in [-0.05, 0) is 31.9 Å². The normalized spacial score (nSPS) is 16.8. The summed E-state index contributed by atoms with van der Waals surface area (Å²) in [5.41, 5.74) is 2.58. The summed E-state index contributed by atoms with van der Waals surface area (Å²) in [4.78, 5) is 13.6. The molecule has 1 aliphatic carbocycles. The molecular formula is C14H23N3O2. The minimum absolute atomic E-state index is 0.315. The van der Waals surface area contributed by atoms with E-state index in [1.54, 1.807) is 6.07 Å². The van der Waals surface area contributed by atoms with E-state index in [0.29, 0.717) is 5.56 Å². The van der Waals surface area contributed by atoms with Crippen LogP contribution in [0, 0.1) is 5.92 Å². The molecule has 0 bridgehead atoms. The van der Waals surface area contributed by atoms with E-state index in [-0.39, 0.29) is 5.91 Å². The Bertz CT molecular complexity index is 411. The van der Waals surface area contributed by atoms with Gasteiger partial charge in [-0.2, -0.15) is 0 Å². The molecule has 106 valence electrons. The second-order valence-electron chi connectivity index (χ2n) is 5.48. The van der Waals surface area contributed by atoms with Crippen molar-refractivity contribution in [1.82, 2.24) is 10.3 Å². The summed E-state index contributed by atoms with van der Waals surface area (Å²) < 4.78 is 5.39. The summed E-state index contributed by atoms with van der Waals surface area (Å²) in [7, 11) is 2.10. The minimum Gasteiger partial charge on any atom is -0.467 e. The van der Waals surface area contributed by atoms with Crippen molar-refractivity contribution in [2.75, 3.05) is 13.6 Å². The first kappa shape index (κ1) is 14.1. The predicted octanol–water partition coefficient (Wildman–Crippen LogP) is 1.90. The summed E-state index contributed by atoms with van der Waals surface area (Å²) >= 11 is 0. The lowest BCUT2D eigenvalue weighted by atomic mass is 9.89. The Balaban J connectivity index is 1.82. The lowest BCUT2D eigenvalue weighted by Crippen LogP contribution is -2.29. The number of hydrogen-bond acceptors (Lipinski definition) is 4. The third-order valence-electron chi connectivity index (χ3n) is 3.77. The van der Waals surface area contributed by atoms with Crippen LogP contribution < -0.4 is 11.3 Å². The smallest absolute Gasteiger partial charge is 0.268 e. The molecule has 3 N–H and O–H groups in total. The average Bonchev–Trinajstić information content (AvgIpc) is 2.87. The molecule has 0 radical (unpaired) electrons. The first-order valence-corrected chi connectivity index (χ1v) is 6.96. The first-order chi connectivity index (χ1) is 9.19. The molecule has 0 unspecified atom stereocenters. The summed E-state index contributed by atoms with van der Waals surface area (Å²) in [6, 6.07) is 1.75. The van der Waals surface area contributed by atoms with Crippen molar-refractivity contribution in [3.63, 3.8) is 0 Å². The Hall–Kier alpha value is -1.33. The van der Waals surface area contributed by atoms with Crippen molar-refractivity contribution in [1.29, 1.82) is 0 Å². The Morgan fingerprint density at radius 3 is 2.89 bits per heavy atom. The molecule has 1 amide bonds. The molecule has 5 heteroatoms. The van der Waals surface area contributed by atoms with E-state index in [2.05, 4.69) is 17.4 Å². The zero-order valence-corrected chi connectivity index (χ0v) is 11.5. The van der Waals surface area contributed by atoms with Gasteiger partial charge in [0.05, 0.1) is 12.1 Å². The van der Waals surface area contributed by atoms with E-state index < -0.39 is 0 Å². The van der Waals surface area contributed by atoms with Gasteiger partial charge in [0.1, 0.15) is 12.0 Å². The standard InChI is InChI=1S/C14H23N3O2/c1-17(8-11-5-3-2-4-6-11)9-13-7-12(10-19-13)14(18)16-15/h7,10-11H,2-6,8-9,15H2,1H3,(H,16,18). The number of nitrogens with two attached hydrogens (primary N) is 1. The van der Waals surface area contributed by atoms with Crippen molar-refractivity contribution in [3.05, 3.63) is 23.7 Å². The second-order valence-corrected chi connectivity index (χ2v) is 5.48. The molecule has 1 heterocycles. The highest BCUT2D eigenvalue weighted by atomic mass is 16.3. The average molecular weight is 265 g/mol. The monoisotopic (exact) mass is 265 g/mol. The van der Waals surface area contributed by atoms with E-state index in [1.165, 1.54) is 38.4 Å². The van der Waals surface area contributed by atoms with Gasteiger partial charge >= 0.3 is 0 Å². The minimum atomic E-state index is -0.315. The Morgan fingerprint density at radius 2 is 2.21 bits per heavy atom. The number of nitrogen functional groups attached to an aromatic ring is 1. The van der Waals surface area contributed by atoms with Crippen molar-refractivity contribution < 1.29 is 9.21 Å². The van der Waals surface area contributed by atoms with Crippen LogP contribution in [0.15, 0.2) is 16.7 Å². The number of rotatable bonds is 5. The molecule has 1 aromatic rings. The molecule has 2 rings (SSSR count). The summed E-state index contributed by atoms with van der Waals surface area (Å²) in [5.74, 6) is 6.38. The van der Waals surface area contributed by atoms with Gasteiger partial charge in [-0.1, -0.05) is 19.3 Å². The lowest BCUT2D eigenvalue weighted by molar-refractivity contribution is 0.0953. The Kier molecular flexibility index (Phi) is 4.99. The van der Waals surface area contributed by atoms with Crippen LogP contribution in [0.2, 0.25) is 0 Å². The van der Waals surface area contributed by atoms with Crippen molar-refractivity contribution in [2.24, 2.45) is 11.8 Å². The molecule has 19 heavy (non-hydrogen) atoms. The molecule has 0 saturated heterocycles. The highest BCUT2D eigenvalue weighted by Gasteiger charge is 2.16. The van der Waals surface area contributed by atoms with Gasteiger partial charge in [0, 0.05) is 6.54 Å². The Labute approximate surface area is 114 Å². The van der Waals surface area contributed by atoms with Crippen LogP contribution in [0.3, 0.4) is 0 Å². The van der Waals surface area contributed by atoms with E-state index in [9.17, 15) is 4.79 Å². The summed E-state index contributed by atoms with van der Waals surface area (Å²) in [6.07, 6.45) is 8.23. The van der Waals surface area contributed by atoms with E-state index in [0.717, 1.165) is 24.8 Å². The molecule has 5 nitrogen and oxygen atoms in total. The van der Waals surface area contributed by atoms with Gasteiger partial charge in [0.25, 0.3) is 5.91 Å². The fourth-order valence-electron chi connectivity index (χ4n) is 2.81. The van der Waals surface area contributed by atoms with Crippen molar-refractivity contribution in [2.45, 2.75) is 38.6 Å². The van der Waals surface area contributed by atoms with E-state index in [1.807, 2.05) is 0 Å². The van der Waals surface area contributed by atoms with Gasteiger partial charge < -0.3 is 4.42 Å². The second kappa shape index (κ2) is 6.73. The zero-order valence-electron chi connectivity index (χ0n) is 11.5. The molecule has 0 aromatic carbocycles. The topological polar surface area (TPSA) is 71.5 Å². The third kappa shape index (κ3) is 4.08. The van der Waals surface area contributed by atoms with Gasteiger partial charge in [0.2, 0.25) is 0 Å². The number of hydrazine groups is 1. The summed E-state index contributed by atoms with van der Waals surface area (Å²) in [5, 5.41) is 0. The van der Waals surface area contributed by atoms with Gasteiger partial charge in [0.15, 0.2) is 0 Å². The van der Waals surface area contributed by atoms with Crippen LogP contribution >= 0.6 is 0 Å². The number of carbonyl (C=O) groups excluding carboxylic acids is 1. The van der Waals surface area contributed by atoms with Gasteiger partial charge in [-0.3, -0.25) is 15.1 Å². The molecular weight excluding hydrogens is 242 g/mol. The SMILES string of the molecule is CN(Cc1cc(C(=O)NN)co1)CC1CCCCC1. The maximum absolute atomic E-state index is 11.3. The third-order valence-corrected chi connectivity index (χ3v) is 3.77. The number of amides is 1.